The quantitative estimate of drug-likeness (QED) is 0.812. The molecule has 1 aromatic rings. The number of piperidine rings is 1. The maximum absolute atomic E-state index is 12.2. The van der Waals surface area contributed by atoms with E-state index in [0.29, 0.717) is 5.92 Å². The molecule has 0 saturated carbocycles. The number of nitrogens with two attached hydrogens (primary N) is 1. The molecular weight excluding hydrogens is 220 g/mol. The van der Waals surface area contributed by atoms with Crippen LogP contribution in [-0.2, 0) is 0 Å². The van der Waals surface area contributed by atoms with E-state index in [1.165, 1.54) is 11.3 Å². The molecule has 2 N–H and O–H groups in total. The monoisotopic (exact) mass is 238 g/mol. The summed E-state index contributed by atoms with van der Waals surface area (Å²) in [6, 6.07) is 2.24. The molecule has 1 amide bonds. The minimum atomic E-state index is 0.172. The zero-order chi connectivity index (χ0) is 11.7. The fourth-order valence-electron chi connectivity index (χ4n) is 2.08. The normalized spacial score (nSPS) is 25.8. The van der Waals surface area contributed by atoms with Crippen molar-refractivity contribution in [2.45, 2.75) is 26.3 Å². The predicted octanol–water partition coefficient (Wildman–Crippen LogP) is 1.87. The lowest BCUT2D eigenvalue weighted by atomic mass is 9.94. The van der Waals surface area contributed by atoms with Crippen molar-refractivity contribution in [3.8, 4) is 0 Å². The van der Waals surface area contributed by atoms with Crippen LogP contribution in [0.5, 0.6) is 0 Å². The lowest BCUT2D eigenvalue weighted by molar-refractivity contribution is 0.0668. The minimum Gasteiger partial charge on any atom is -0.338 e. The molecule has 3 nitrogen and oxygen atoms in total. The van der Waals surface area contributed by atoms with E-state index in [1.54, 1.807) is 0 Å². The fourth-order valence-corrected chi connectivity index (χ4v) is 2.98. The molecule has 0 aromatic carbocycles. The second kappa shape index (κ2) is 4.55. The Kier molecular flexibility index (Phi) is 3.30. The van der Waals surface area contributed by atoms with Crippen molar-refractivity contribution in [1.29, 1.82) is 0 Å². The summed E-state index contributed by atoms with van der Waals surface area (Å²) in [4.78, 5) is 15.0. The Morgan fingerprint density at radius 3 is 2.94 bits per heavy atom. The Balaban J connectivity index is 2.09. The van der Waals surface area contributed by atoms with Crippen molar-refractivity contribution in [3.63, 3.8) is 0 Å². The number of hydrogen-bond acceptors (Lipinski definition) is 3. The maximum atomic E-state index is 12.2. The zero-order valence-corrected chi connectivity index (χ0v) is 10.6. The fraction of sp³-hybridized carbons (Fsp3) is 0.583. The highest BCUT2D eigenvalue weighted by Crippen LogP contribution is 2.22. The van der Waals surface area contributed by atoms with Crippen LogP contribution in [0, 0.1) is 12.8 Å². The highest BCUT2D eigenvalue weighted by Gasteiger charge is 2.27. The molecule has 0 aliphatic carbocycles. The number of carbonyl (C=O) groups excluding carboxylic acids is 1. The summed E-state index contributed by atoms with van der Waals surface area (Å²) in [5.41, 5.74) is 7.03. The van der Waals surface area contributed by atoms with Crippen molar-refractivity contribution in [1.82, 2.24) is 4.90 Å². The molecule has 2 unspecified atom stereocenters. The summed E-state index contributed by atoms with van der Waals surface area (Å²) >= 11 is 1.53. The van der Waals surface area contributed by atoms with Gasteiger partial charge in [-0.15, -0.1) is 11.3 Å². The molecule has 4 heteroatoms. The van der Waals surface area contributed by atoms with Crippen molar-refractivity contribution in [3.05, 3.63) is 21.9 Å². The molecule has 0 spiro atoms. The number of aryl methyl sites for hydroxylation is 1. The highest BCUT2D eigenvalue weighted by molar-refractivity contribution is 7.12. The molecule has 0 bridgehead atoms. The molecule has 0 radical (unpaired) electrons. The number of nitrogens with zero attached hydrogens (tertiary/aromatic N) is 1. The van der Waals surface area contributed by atoms with E-state index >= 15 is 0 Å². The van der Waals surface area contributed by atoms with Gasteiger partial charge in [-0.25, -0.2) is 0 Å². The molecular formula is C12H18N2OS. The van der Waals surface area contributed by atoms with Crippen LogP contribution >= 0.6 is 11.3 Å². The Morgan fingerprint density at radius 2 is 2.38 bits per heavy atom. The van der Waals surface area contributed by atoms with Crippen LogP contribution in [0.2, 0.25) is 0 Å². The van der Waals surface area contributed by atoms with E-state index in [9.17, 15) is 4.79 Å². The van der Waals surface area contributed by atoms with Gasteiger partial charge in [0.1, 0.15) is 0 Å². The number of likely N-dealkylation sites (tertiary alicyclic amines) is 1. The molecule has 2 rings (SSSR count). The number of hydrogen-bond donors (Lipinski definition) is 1. The van der Waals surface area contributed by atoms with Crippen LogP contribution in [0.4, 0.5) is 0 Å². The summed E-state index contributed by atoms with van der Waals surface area (Å²) < 4.78 is 0. The molecule has 2 heterocycles. The second-order valence-corrected chi connectivity index (χ2v) is 5.53. The third-order valence-corrected chi connectivity index (χ3v) is 4.32. The van der Waals surface area contributed by atoms with Crippen LogP contribution in [0.3, 0.4) is 0 Å². The predicted molar refractivity (Wildman–Crippen MR) is 66.7 cm³/mol. The van der Waals surface area contributed by atoms with Gasteiger partial charge in [-0.2, -0.15) is 0 Å². The van der Waals surface area contributed by atoms with Crippen LogP contribution in [-0.4, -0.2) is 29.9 Å². The maximum Gasteiger partial charge on any atom is 0.264 e. The first-order valence-corrected chi connectivity index (χ1v) is 6.56. The van der Waals surface area contributed by atoms with Gasteiger partial charge in [0.05, 0.1) is 4.88 Å². The molecule has 1 fully saturated rings. The average molecular weight is 238 g/mol. The number of rotatable bonds is 1. The van der Waals surface area contributed by atoms with E-state index < -0.39 is 0 Å². The molecule has 1 saturated heterocycles. The topological polar surface area (TPSA) is 46.3 Å². The summed E-state index contributed by atoms with van der Waals surface area (Å²) in [5.74, 6) is 0.573. The molecule has 16 heavy (non-hydrogen) atoms. The summed E-state index contributed by atoms with van der Waals surface area (Å²) in [5, 5.41) is 1.97. The number of amides is 1. The van der Waals surface area contributed by atoms with E-state index in [1.807, 2.05) is 23.3 Å². The Bertz CT molecular complexity index is 388. The second-order valence-electron chi connectivity index (χ2n) is 4.61. The largest absolute Gasteiger partial charge is 0.338 e. The SMILES string of the molecule is Cc1ccsc1C(=O)N1CCC(N)C(C)C1. The number of thiophene rings is 1. The zero-order valence-electron chi connectivity index (χ0n) is 9.77. The van der Waals surface area contributed by atoms with Gasteiger partial charge in [-0.3, -0.25) is 4.79 Å². The van der Waals surface area contributed by atoms with E-state index in [4.69, 9.17) is 5.73 Å². The van der Waals surface area contributed by atoms with Gasteiger partial charge in [-0.1, -0.05) is 6.92 Å². The minimum absolute atomic E-state index is 0.172. The first kappa shape index (κ1) is 11.6. The lowest BCUT2D eigenvalue weighted by Gasteiger charge is -2.35. The van der Waals surface area contributed by atoms with Gasteiger partial charge in [0, 0.05) is 19.1 Å². The van der Waals surface area contributed by atoms with Gasteiger partial charge in [0.2, 0.25) is 0 Å². The summed E-state index contributed by atoms with van der Waals surface area (Å²) in [7, 11) is 0. The third kappa shape index (κ3) is 2.13. The summed E-state index contributed by atoms with van der Waals surface area (Å²) in [6.45, 7) is 5.69. The van der Waals surface area contributed by atoms with Gasteiger partial charge < -0.3 is 10.6 Å². The van der Waals surface area contributed by atoms with Gasteiger partial charge >= 0.3 is 0 Å². The summed E-state index contributed by atoms with van der Waals surface area (Å²) in [6.07, 6.45) is 0.914. The standard InChI is InChI=1S/C12H18N2OS/c1-8-4-6-16-11(8)12(15)14-5-3-10(13)9(2)7-14/h4,6,9-10H,3,5,7,13H2,1-2H3. The Morgan fingerprint density at radius 1 is 1.62 bits per heavy atom. The Hall–Kier alpha value is -0.870. The van der Waals surface area contributed by atoms with Crippen LogP contribution in [0.1, 0.15) is 28.6 Å². The first-order chi connectivity index (χ1) is 7.59. The van der Waals surface area contributed by atoms with Gasteiger partial charge in [0.15, 0.2) is 0 Å². The van der Waals surface area contributed by atoms with Crippen molar-refractivity contribution < 1.29 is 4.79 Å². The van der Waals surface area contributed by atoms with Crippen molar-refractivity contribution in [2.75, 3.05) is 13.1 Å². The highest BCUT2D eigenvalue weighted by atomic mass is 32.1. The van der Waals surface area contributed by atoms with Gasteiger partial charge in [-0.05, 0) is 36.3 Å². The molecule has 1 aliphatic rings. The van der Waals surface area contributed by atoms with Crippen LogP contribution < -0.4 is 5.73 Å². The van der Waals surface area contributed by atoms with E-state index in [0.717, 1.165) is 30.0 Å². The smallest absolute Gasteiger partial charge is 0.264 e. The molecule has 1 aromatic heterocycles. The molecule has 88 valence electrons. The first-order valence-electron chi connectivity index (χ1n) is 5.68. The van der Waals surface area contributed by atoms with Crippen molar-refractivity contribution in [2.24, 2.45) is 11.7 Å². The van der Waals surface area contributed by atoms with E-state index in [-0.39, 0.29) is 11.9 Å². The molecule has 1 aliphatic heterocycles. The molecule has 2 atom stereocenters. The average Bonchev–Trinajstić information content (AvgIpc) is 2.67. The van der Waals surface area contributed by atoms with Gasteiger partial charge in [0.25, 0.3) is 5.91 Å². The third-order valence-electron chi connectivity index (χ3n) is 3.32. The van der Waals surface area contributed by atoms with E-state index in [2.05, 4.69) is 6.92 Å². The lowest BCUT2D eigenvalue weighted by Crippen LogP contribution is -2.48. The number of carbonyl (C=O) groups is 1. The van der Waals surface area contributed by atoms with Crippen LogP contribution in [0.25, 0.3) is 0 Å². The van der Waals surface area contributed by atoms with Crippen LogP contribution in [0.15, 0.2) is 11.4 Å². The Labute approximate surface area is 100 Å². The van der Waals surface area contributed by atoms with Crippen molar-refractivity contribution >= 4 is 17.2 Å².